The Kier molecular flexibility index (Phi) is 4.17. The molecule has 0 bridgehead atoms. The van der Waals surface area contributed by atoms with Gasteiger partial charge in [-0.3, -0.25) is 0 Å². The summed E-state index contributed by atoms with van der Waals surface area (Å²) in [7, 11) is -0.251. The predicted molar refractivity (Wildman–Crippen MR) is 97.1 cm³/mol. The minimum Gasteiger partial charge on any atom is -0.399 e. The van der Waals surface area contributed by atoms with E-state index < -0.39 is 0 Å². The van der Waals surface area contributed by atoms with E-state index in [1.807, 2.05) is 0 Å². The first-order chi connectivity index (χ1) is 10.6. The molecule has 0 amide bonds. The largest absolute Gasteiger partial charge is 0.494 e. The molecule has 0 atom stereocenters. The molecule has 0 spiro atoms. The lowest BCUT2D eigenvalue weighted by Crippen LogP contribution is -2.41. The molecule has 1 aliphatic carbocycles. The van der Waals surface area contributed by atoms with Crippen molar-refractivity contribution < 1.29 is 9.31 Å². The Morgan fingerprint density at radius 2 is 1.30 bits per heavy atom. The summed E-state index contributed by atoms with van der Waals surface area (Å²) in [6.07, 6.45) is 5.28. The summed E-state index contributed by atoms with van der Waals surface area (Å²) in [5.74, 6) is 0.718. The molecule has 1 saturated heterocycles. The fourth-order valence-electron chi connectivity index (χ4n) is 3.64. The first kappa shape index (κ1) is 17.0. The SMILES string of the molecule is CC1(C)CCC(c2ccc(B3OC(C)(C)C(C)(C)O3)cc2)CC1. The summed E-state index contributed by atoms with van der Waals surface area (Å²) in [4.78, 5) is 0. The Labute approximate surface area is 142 Å². The van der Waals surface area contributed by atoms with E-state index in [0.717, 1.165) is 11.4 Å². The van der Waals surface area contributed by atoms with E-state index in [2.05, 4.69) is 65.8 Å². The molecule has 126 valence electrons. The second-order valence-corrected chi connectivity index (χ2v) is 9.19. The second-order valence-electron chi connectivity index (χ2n) is 9.19. The molecule has 1 heterocycles. The van der Waals surface area contributed by atoms with Gasteiger partial charge in [0.1, 0.15) is 0 Å². The topological polar surface area (TPSA) is 18.5 Å². The normalized spacial score (nSPS) is 26.4. The molecule has 3 rings (SSSR count). The molecule has 23 heavy (non-hydrogen) atoms. The average molecular weight is 314 g/mol. The minimum atomic E-state index is -0.273. The fraction of sp³-hybridized carbons (Fsp3) is 0.700. The van der Waals surface area contributed by atoms with Gasteiger partial charge >= 0.3 is 7.12 Å². The zero-order valence-electron chi connectivity index (χ0n) is 15.6. The van der Waals surface area contributed by atoms with E-state index in [4.69, 9.17) is 9.31 Å². The minimum absolute atomic E-state index is 0.251. The van der Waals surface area contributed by atoms with Crippen LogP contribution in [0.2, 0.25) is 0 Å². The maximum atomic E-state index is 6.14. The number of rotatable bonds is 2. The molecule has 0 radical (unpaired) electrons. The second kappa shape index (κ2) is 5.63. The van der Waals surface area contributed by atoms with Crippen LogP contribution in [-0.4, -0.2) is 18.3 Å². The molecule has 0 N–H and O–H groups in total. The molecule has 0 aromatic heterocycles. The Balaban J connectivity index is 1.69. The van der Waals surface area contributed by atoms with Crippen LogP contribution in [0, 0.1) is 5.41 Å². The van der Waals surface area contributed by atoms with Crippen LogP contribution in [0.3, 0.4) is 0 Å². The highest BCUT2D eigenvalue weighted by atomic mass is 16.7. The predicted octanol–water partition coefficient (Wildman–Crippen LogP) is 4.67. The molecular weight excluding hydrogens is 283 g/mol. The molecule has 2 fully saturated rings. The molecular formula is C20H31BO2. The van der Waals surface area contributed by atoms with Crippen LogP contribution < -0.4 is 5.46 Å². The van der Waals surface area contributed by atoms with Gasteiger partial charge in [0, 0.05) is 0 Å². The van der Waals surface area contributed by atoms with Crippen molar-refractivity contribution in [1.29, 1.82) is 0 Å². The van der Waals surface area contributed by atoms with E-state index in [0.29, 0.717) is 5.41 Å². The highest BCUT2D eigenvalue weighted by molar-refractivity contribution is 6.62. The molecule has 0 unspecified atom stereocenters. The van der Waals surface area contributed by atoms with Crippen LogP contribution >= 0.6 is 0 Å². The number of hydrogen-bond acceptors (Lipinski definition) is 2. The third-order valence-electron chi connectivity index (χ3n) is 6.27. The number of benzene rings is 1. The van der Waals surface area contributed by atoms with Gasteiger partial charge in [0.2, 0.25) is 0 Å². The fourth-order valence-corrected chi connectivity index (χ4v) is 3.64. The van der Waals surface area contributed by atoms with Crippen molar-refractivity contribution in [2.24, 2.45) is 5.41 Å². The Morgan fingerprint density at radius 3 is 1.78 bits per heavy atom. The first-order valence-electron chi connectivity index (χ1n) is 9.05. The maximum absolute atomic E-state index is 6.14. The number of hydrogen-bond donors (Lipinski definition) is 0. The molecule has 1 aliphatic heterocycles. The zero-order chi connectivity index (χ0) is 16.9. The van der Waals surface area contributed by atoms with Crippen molar-refractivity contribution in [2.75, 3.05) is 0 Å². The smallest absolute Gasteiger partial charge is 0.399 e. The van der Waals surface area contributed by atoms with Gasteiger partial charge < -0.3 is 9.31 Å². The zero-order valence-corrected chi connectivity index (χ0v) is 15.6. The van der Waals surface area contributed by atoms with E-state index in [1.165, 1.54) is 31.2 Å². The van der Waals surface area contributed by atoms with Crippen molar-refractivity contribution in [3.8, 4) is 0 Å². The van der Waals surface area contributed by atoms with E-state index in [-0.39, 0.29) is 18.3 Å². The molecule has 1 aromatic carbocycles. The van der Waals surface area contributed by atoms with E-state index in [9.17, 15) is 0 Å². The third-order valence-corrected chi connectivity index (χ3v) is 6.27. The van der Waals surface area contributed by atoms with Gasteiger partial charge in [-0.1, -0.05) is 38.1 Å². The summed E-state index contributed by atoms with van der Waals surface area (Å²) >= 11 is 0. The lowest BCUT2D eigenvalue weighted by molar-refractivity contribution is 0.00578. The van der Waals surface area contributed by atoms with Crippen LogP contribution in [0.5, 0.6) is 0 Å². The van der Waals surface area contributed by atoms with E-state index in [1.54, 1.807) is 0 Å². The van der Waals surface area contributed by atoms with Crippen LogP contribution in [0.4, 0.5) is 0 Å². The monoisotopic (exact) mass is 314 g/mol. The van der Waals surface area contributed by atoms with Gasteiger partial charge in [-0.15, -0.1) is 0 Å². The van der Waals surface area contributed by atoms with Gasteiger partial charge in [-0.05, 0) is 75.7 Å². The lowest BCUT2D eigenvalue weighted by Gasteiger charge is -2.34. The Morgan fingerprint density at radius 1 is 0.826 bits per heavy atom. The van der Waals surface area contributed by atoms with Crippen molar-refractivity contribution >= 4 is 12.6 Å². The summed E-state index contributed by atoms with van der Waals surface area (Å²) in [5, 5.41) is 0. The highest BCUT2D eigenvalue weighted by Gasteiger charge is 2.51. The molecule has 1 saturated carbocycles. The average Bonchev–Trinajstić information content (AvgIpc) is 2.68. The summed E-state index contributed by atoms with van der Waals surface area (Å²) < 4.78 is 12.3. The van der Waals surface area contributed by atoms with Gasteiger partial charge in [0.05, 0.1) is 11.2 Å². The van der Waals surface area contributed by atoms with Gasteiger partial charge in [-0.25, -0.2) is 0 Å². The third kappa shape index (κ3) is 3.37. The van der Waals surface area contributed by atoms with Crippen LogP contribution in [0.15, 0.2) is 24.3 Å². The Hall–Kier alpha value is -0.795. The van der Waals surface area contributed by atoms with Crippen LogP contribution in [-0.2, 0) is 9.31 Å². The Bertz CT molecular complexity index is 534. The standard InChI is InChI=1S/C20H31BO2/c1-18(2)13-11-16(12-14-18)15-7-9-17(10-8-15)21-22-19(3,4)20(5,6)23-21/h7-10,16H,11-14H2,1-6H3. The van der Waals surface area contributed by atoms with Crippen molar-refractivity contribution in [1.82, 2.24) is 0 Å². The highest BCUT2D eigenvalue weighted by Crippen LogP contribution is 2.42. The van der Waals surface area contributed by atoms with Gasteiger partial charge in [0.25, 0.3) is 0 Å². The first-order valence-corrected chi connectivity index (χ1v) is 9.05. The maximum Gasteiger partial charge on any atom is 0.494 e. The molecule has 2 nitrogen and oxygen atoms in total. The van der Waals surface area contributed by atoms with Crippen molar-refractivity contribution in [3.05, 3.63) is 29.8 Å². The van der Waals surface area contributed by atoms with E-state index >= 15 is 0 Å². The van der Waals surface area contributed by atoms with Crippen LogP contribution in [0.25, 0.3) is 0 Å². The quantitative estimate of drug-likeness (QED) is 0.739. The van der Waals surface area contributed by atoms with Crippen LogP contribution in [0.1, 0.15) is 78.7 Å². The molecule has 2 aliphatic rings. The molecule has 3 heteroatoms. The molecule has 1 aromatic rings. The lowest BCUT2D eigenvalue weighted by atomic mass is 9.70. The summed E-state index contributed by atoms with van der Waals surface area (Å²) in [5.41, 5.74) is 2.58. The van der Waals surface area contributed by atoms with Crippen molar-refractivity contribution in [2.45, 2.75) is 84.3 Å². The summed E-state index contributed by atoms with van der Waals surface area (Å²) in [6.45, 7) is 13.2. The van der Waals surface area contributed by atoms with Gasteiger partial charge in [0.15, 0.2) is 0 Å². The summed E-state index contributed by atoms with van der Waals surface area (Å²) in [6, 6.07) is 8.95. The van der Waals surface area contributed by atoms with Crippen molar-refractivity contribution in [3.63, 3.8) is 0 Å². The van der Waals surface area contributed by atoms with Gasteiger partial charge in [-0.2, -0.15) is 0 Å².